The van der Waals surface area contributed by atoms with Crippen molar-refractivity contribution in [1.82, 2.24) is 14.5 Å². The smallest absolute Gasteiger partial charge is 0.408 e. The first-order chi connectivity index (χ1) is 15.3. The highest BCUT2D eigenvalue weighted by Gasteiger charge is 2.37. The minimum atomic E-state index is -1.20. The summed E-state index contributed by atoms with van der Waals surface area (Å²) in [5.41, 5.74) is 1.90. The highest BCUT2D eigenvalue weighted by Crippen LogP contribution is 2.40. The molecule has 1 saturated carbocycles. The van der Waals surface area contributed by atoms with Gasteiger partial charge in [0.2, 0.25) is 0 Å². The van der Waals surface area contributed by atoms with Gasteiger partial charge in [-0.25, -0.2) is 4.79 Å². The first kappa shape index (κ1) is 21.0. The fraction of sp³-hybridized carbons (Fsp3) is 0.429. The number of nitrogens with zero attached hydrogens (tertiary/aromatic N) is 4. The second-order valence-corrected chi connectivity index (χ2v) is 8.97. The minimum absolute atomic E-state index is 0.0552. The van der Waals surface area contributed by atoms with Crippen molar-refractivity contribution in [1.29, 1.82) is 0 Å². The van der Waals surface area contributed by atoms with Crippen LogP contribution in [0.15, 0.2) is 25.8 Å². The topological polar surface area (TPSA) is 118 Å². The summed E-state index contributed by atoms with van der Waals surface area (Å²) in [5.74, 6) is -0.538. The number of rotatable bonds is 3. The number of hydrogen-bond acceptors (Lipinski definition) is 6. The molecule has 1 N–H and O–H groups in total. The molecule has 1 saturated heterocycles. The predicted molar refractivity (Wildman–Crippen MR) is 119 cm³/mol. The van der Waals surface area contributed by atoms with Crippen molar-refractivity contribution in [2.24, 2.45) is 0 Å². The maximum atomic E-state index is 13.4. The lowest BCUT2D eigenvalue weighted by molar-refractivity contribution is -0.128. The fourth-order valence-corrected chi connectivity index (χ4v) is 4.52. The molecule has 3 aromatic rings. The molecule has 1 aliphatic heterocycles. The number of fused-ring (bicyclic) bond motifs is 3. The molecule has 168 valence electrons. The lowest BCUT2D eigenvalue weighted by atomic mass is 10.1. The van der Waals surface area contributed by atoms with E-state index in [0.29, 0.717) is 5.58 Å². The number of carbonyl (C=O) groups excluding carboxylic acids is 1. The summed E-state index contributed by atoms with van der Waals surface area (Å²) in [7, 11) is 1.45. The zero-order valence-corrected chi connectivity index (χ0v) is 19.1. The largest absolute Gasteiger partial charge is 0.465 e. The molecule has 2 aromatic heterocycles. The van der Waals surface area contributed by atoms with E-state index in [4.69, 9.17) is 9.15 Å². The molecule has 1 atom stereocenters. The summed E-state index contributed by atoms with van der Waals surface area (Å²) in [5, 5.41) is 10.2. The van der Waals surface area contributed by atoms with Crippen LogP contribution < -0.4 is 10.5 Å². The van der Waals surface area contributed by atoms with E-state index in [0.717, 1.165) is 43.6 Å². The van der Waals surface area contributed by atoms with E-state index in [1.165, 1.54) is 7.05 Å². The molecular formula is C21H21BrN4O6. The number of anilines is 1. The fourth-order valence-electron chi connectivity index (χ4n) is 4.20. The molecule has 0 bridgehead atoms. The lowest BCUT2D eigenvalue weighted by Gasteiger charge is -2.33. The van der Waals surface area contributed by atoms with Crippen molar-refractivity contribution in [2.75, 3.05) is 31.7 Å². The maximum Gasteiger partial charge on any atom is 0.408 e. The van der Waals surface area contributed by atoms with Gasteiger partial charge in [-0.2, -0.15) is 4.98 Å². The highest BCUT2D eigenvalue weighted by molar-refractivity contribution is 9.10. The van der Waals surface area contributed by atoms with Crippen LogP contribution in [0.25, 0.3) is 22.0 Å². The molecular weight excluding hydrogens is 484 g/mol. The Morgan fingerprint density at radius 2 is 2.06 bits per heavy atom. The summed E-state index contributed by atoms with van der Waals surface area (Å²) in [6.45, 7) is 2.20. The van der Waals surface area contributed by atoms with Gasteiger partial charge in [0.1, 0.15) is 6.04 Å². The van der Waals surface area contributed by atoms with Crippen LogP contribution >= 0.6 is 15.9 Å². The maximum absolute atomic E-state index is 13.4. The number of pyridine rings is 1. The molecule has 0 spiro atoms. The highest BCUT2D eigenvalue weighted by atomic mass is 79.9. The molecule has 10 nitrogen and oxygen atoms in total. The van der Waals surface area contributed by atoms with E-state index in [9.17, 15) is 19.5 Å². The number of carboxylic acid groups (broad SMARTS) is 1. The first-order valence-corrected chi connectivity index (χ1v) is 11.1. The molecule has 32 heavy (non-hydrogen) atoms. The molecule has 0 radical (unpaired) electrons. The van der Waals surface area contributed by atoms with Crippen molar-refractivity contribution >= 4 is 55.9 Å². The Balaban J connectivity index is 1.63. The van der Waals surface area contributed by atoms with Gasteiger partial charge in [-0.15, -0.1) is 0 Å². The number of amides is 2. The number of ether oxygens (including phenoxy) is 1. The predicted octanol–water partition coefficient (Wildman–Crippen LogP) is 2.89. The van der Waals surface area contributed by atoms with Crippen LogP contribution in [0.1, 0.15) is 24.4 Å². The summed E-state index contributed by atoms with van der Waals surface area (Å²) in [6, 6.07) is 2.79. The second-order valence-electron chi connectivity index (χ2n) is 8.11. The first-order valence-electron chi connectivity index (χ1n) is 10.3. The number of aryl methyl sites for hydroxylation is 1. The molecule has 2 aliphatic rings. The van der Waals surface area contributed by atoms with Crippen molar-refractivity contribution in [2.45, 2.75) is 31.8 Å². The summed E-state index contributed by atoms with van der Waals surface area (Å²) in [6.07, 6.45) is 0.641. The number of benzene rings is 1. The molecule has 1 aromatic carbocycles. The van der Waals surface area contributed by atoms with E-state index < -0.39 is 18.0 Å². The van der Waals surface area contributed by atoms with Gasteiger partial charge < -0.3 is 18.8 Å². The van der Waals surface area contributed by atoms with Crippen LogP contribution in [0.3, 0.4) is 0 Å². The van der Waals surface area contributed by atoms with Gasteiger partial charge >= 0.3 is 12.1 Å². The average molecular weight is 505 g/mol. The van der Waals surface area contributed by atoms with Gasteiger partial charge in [-0.1, -0.05) is 15.9 Å². The van der Waals surface area contributed by atoms with Gasteiger partial charge in [-0.05, 0) is 37.5 Å². The summed E-state index contributed by atoms with van der Waals surface area (Å²) in [4.78, 5) is 44.5. The Kier molecular flexibility index (Phi) is 4.97. The van der Waals surface area contributed by atoms with Crippen LogP contribution in [0, 0.1) is 6.92 Å². The third kappa shape index (κ3) is 3.18. The monoisotopic (exact) mass is 504 g/mol. The molecule has 2 fully saturated rings. The van der Waals surface area contributed by atoms with Crippen molar-refractivity contribution in [3.05, 3.63) is 32.5 Å². The van der Waals surface area contributed by atoms with Gasteiger partial charge in [0.15, 0.2) is 11.1 Å². The van der Waals surface area contributed by atoms with Crippen molar-refractivity contribution < 1.29 is 23.8 Å². The van der Waals surface area contributed by atoms with Gasteiger partial charge in [0.05, 0.1) is 18.7 Å². The number of halogens is 1. The Bertz CT molecular complexity index is 1330. The molecule has 11 heteroatoms. The number of aromatic nitrogens is 2. The molecule has 1 aliphatic carbocycles. The minimum Gasteiger partial charge on any atom is -0.465 e. The summed E-state index contributed by atoms with van der Waals surface area (Å²) < 4.78 is 13.9. The van der Waals surface area contributed by atoms with Crippen molar-refractivity contribution in [3.63, 3.8) is 0 Å². The van der Waals surface area contributed by atoms with Gasteiger partial charge in [-0.3, -0.25) is 19.4 Å². The summed E-state index contributed by atoms with van der Waals surface area (Å²) >= 11 is 3.54. The van der Waals surface area contributed by atoms with Crippen LogP contribution in [-0.4, -0.2) is 64.4 Å². The SMILES string of the molecule is Cc1c(Br)ccc2c3oc(N(C)C(=O)[C@H]4COCCN4C(=O)O)nc3c(=O)n(C3CC3)c12. The van der Waals surface area contributed by atoms with E-state index in [2.05, 4.69) is 20.9 Å². The van der Waals surface area contributed by atoms with E-state index >= 15 is 0 Å². The van der Waals surface area contributed by atoms with E-state index in [1.54, 1.807) is 4.57 Å². The van der Waals surface area contributed by atoms with Gasteiger partial charge in [0, 0.05) is 29.5 Å². The van der Waals surface area contributed by atoms with Crippen LogP contribution in [0.4, 0.5) is 10.8 Å². The number of oxazole rings is 1. The normalized spacial score (nSPS) is 19.0. The Hall–Kier alpha value is -2.92. The molecule has 0 unspecified atom stereocenters. The number of likely N-dealkylation sites (N-methyl/N-ethyl adjacent to an activating group) is 1. The second kappa shape index (κ2) is 7.59. The Morgan fingerprint density at radius 1 is 1.31 bits per heavy atom. The molecule has 2 amide bonds. The standard InChI is InChI=1S/C21H21BrN4O6/c1-10-13(22)6-5-12-16(10)26(11-3-4-11)19(28)15-17(12)32-20(23-15)24(2)18(27)14-9-31-8-7-25(14)21(29)30/h5-6,11,14H,3-4,7-9H2,1-2H3,(H,29,30)/t14-/m1/s1. The molecule has 5 rings (SSSR count). The number of hydrogen-bond donors (Lipinski definition) is 1. The number of carbonyl (C=O) groups is 2. The lowest BCUT2D eigenvalue weighted by Crippen LogP contribution is -2.56. The van der Waals surface area contributed by atoms with Crippen LogP contribution in [-0.2, 0) is 9.53 Å². The molecule has 3 heterocycles. The quantitative estimate of drug-likeness (QED) is 0.582. The zero-order chi connectivity index (χ0) is 22.7. The van der Waals surface area contributed by atoms with E-state index in [-0.39, 0.29) is 42.9 Å². The van der Waals surface area contributed by atoms with Crippen LogP contribution in [0.5, 0.6) is 0 Å². The van der Waals surface area contributed by atoms with Crippen molar-refractivity contribution in [3.8, 4) is 0 Å². The van der Waals surface area contributed by atoms with Crippen LogP contribution in [0.2, 0.25) is 0 Å². The Morgan fingerprint density at radius 3 is 2.75 bits per heavy atom. The van der Waals surface area contributed by atoms with Gasteiger partial charge in [0.25, 0.3) is 11.5 Å². The average Bonchev–Trinajstić information content (AvgIpc) is 3.52. The number of morpholine rings is 1. The third-order valence-electron chi connectivity index (χ3n) is 6.08. The zero-order valence-electron chi connectivity index (χ0n) is 17.5. The van der Waals surface area contributed by atoms with E-state index in [1.807, 2.05) is 19.1 Å². The third-order valence-corrected chi connectivity index (χ3v) is 6.94. The Labute approximate surface area is 190 Å².